The molecule has 0 bridgehead atoms. The van der Waals surface area contributed by atoms with Gasteiger partial charge in [0.1, 0.15) is 0 Å². The van der Waals surface area contributed by atoms with Gasteiger partial charge in [-0.05, 0) is 24.6 Å². The third kappa shape index (κ3) is 3.97. The van der Waals surface area contributed by atoms with E-state index in [1.165, 1.54) is 7.11 Å². The molecule has 0 saturated carbocycles. The van der Waals surface area contributed by atoms with Gasteiger partial charge in [0, 0.05) is 13.7 Å². The van der Waals surface area contributed by atoms with Crippen molar-refractivity contribution in [2.24, 2.45) is 0 Å². The Morgan fingerprint density at radius 2 is 2.09 bits per heavy atom. The van der Waals surface area contributed by atoms with Crippen LogP contribution in [0.1, 0.15) is 12.0 Å². The Hall–Kier alpha value is -1.16. The Labute approximate surface area is 126 Å². The molecule has 5 nitrogen and oxygen atoms in total. The van der Waals surface area contributed by atoms with E-state index in [9.17, 15) is 21.6 Å². The molecular formula is C13H16F3NO4S. The van der Waals surface area contributed by atoms with E-state index in [0.29, 0.717) is 19.1 Å². The Kier molecular flexibility index (Phi) is 5.10. The minimum absolute atomic E-state index is 0.228. The highest BCUT2D eigenvalue weighted by atomic mass is 32.2. The number of methoxy groups -OCH3 is 1. The van der Waals surface area contributed by atoms with Crippen LogP contribution in [-0.2, 0) is 25.7 Å². The largest absolute Gasteiger partial charge is 0.416 e. The van der Waals surface area contributed by atoms with Gasteiger partial charge < -0.3 is 9.47 Å². The summed E-state index contributed by atoms with van der Waals surface area (Å²) in [7, 11) is -2.65. The topological polar surface area (TPSA) is 64.6 Å². The van der Waals surface area contributed by atoms with Crippen LogP contribution in [0, 0.1) is 0 Å². The molecule has 1 heterocycles. The van der Waals surface area contributed by atoms with Gasteiger partial charge in [0.2, 0.25) is 10.0 Å². The summed E-state index contributed by atoms with van der Waals surface area (Å²) in [5.41, 5.74) is -1.01. The molecular weight excluding hydrogens is 323 g/mol. The monoisotopic (exact) mass is 339 g/mol. The maximum atomic E-state index is 12.7. The van der Waals surface area contributed by atoms with Gasteiger partial charge in [-0.25, -0.2) is 13.1 Å². The van der Waals surface area contributed by atoms with Crippen molar-refractivity contribution in [2.75, 3.05) is 20.3 Å². The van der Waals surface area contributed by atoms with E-state index in [0.717, 1.165) is 18.2 Å². The minimum Gasteiger partial charge on any atom is -0.379 e. The summed E-state index contributed by atoms with van der Waals surface area (Å²) in [5, 5.41) is 0. The molecule has 1 aromatic carbocycles. The third-order valence-corrected chi connectivity index (χ3v) is 4.87. The zero-order chi connectivity index (χ0) is 16.4. The van der Waals surface area contributed by atoms with Crippen LogP contribution in [0.15, 0.2) is 29.2 Å². The minimum atomic E-state index is -4.60. The Morgan fingerprint density at radius 3 is 2.73 bits per heavy atom. The van der Waals surface area contributed by atoms with Crippen LogP contribution in [0.5, 0.6) is 0 Å². The smallest absolute Gasteiger partial charge is 0.379 e. The summed E-state index contributed by atoms with van der Waals surface area (Å²) in [4.78, 5) is -0.427. The van der Waals surface area contributed by atoms with Gasteiger partial charge in [0.05, 0.1) is 29.2 Å². The van der Waals surface area contributed by atoms with Crippen molar-refractivity contribution >= 4 is 10.0 Å². The molecule has 22 heavy (non-hydrogen) atoms. The summed E-state index contributed by atoms with van der Waals surface area (Å²) in [5.74, 6) is 0. The second-order valence-electron chi connectivity index (χ2n) is 4.89. The Bertz CT molecular complexity index is 618. The second-order valence-corrected chi connectivity index (χ2v) is 6.61. The average Bonchev–Trinajstić information content (AvgIpc) is 2.47. The van der Waals surface area contributed by atoms with Gasteiger partial charge in [0.15, 0.2) is 0 Å². The summed E-state index contributed by atoms with van der Waals surface area (Å²) >= 11 is 0. The molecule has 0 aromatic heterocycles. The lowest BCUT2D eigenvalue weighted by molar-refractivity contribution is -0.137. The van der Waals surface area contributed by atoms with Crippen LogP contribution in [0.2, 0.25) is 0 Å². The van der Waals surface area contributed by atoms with Crippen LogP contribution >= 0.6 is 0 Å². The SMILES string of the molecule is CO[C@@H]1COCC[C@H]1NS(=O)(=O)c1cccc(C(F)(F)F)c1. The molecule has 1 fully saturated rings. The summed E-state index contributed by atoms with van der Waals surface area (Å²) in [6.07, 6.45) is -4.69. The van der Waals surface area contributed by atoms with Gasteiger partial charge >= 0.3 is 6.18 Å². The van der Waals surface area contributed by atoms with E-state index in [2.05, 4.69) is 4.72 Å². The lowest BCUT2D eigenvalue weighted by atomic mass is 10.1. The van der Waals surface area contributed by atoms with Crippen molar-refractivity contribution < 1.29 is 31.1 Å². The fourth-order valence-corrected chi connectivity index (χ4v) is 3.53. The van der Waals surface area contributed by atoms with Gasteiger partial charge in [-0.2, -0.15) is 13.2 Å². The highest BCUT2D eigenvalue weighted by Gasteiger charge is 2.33. The normalized spacial score (nSPS) is 23.5. The van der Waals surface area contributed by atoms with Crippen LogP contribution in [0.25, 0.3) is 0 Å². The van der Waals surface area contributed by atoms with Gasteiger partial charge in [-0.15, -0.1) is 0 Å². The fraction of sp³-hybridized carbons (Fsp3) is 0.538. The summed E-state index contributed by atoms with van der Waals surface area (Å²) in [6.45, 7) is 0.585. The molecule has 0 amide bonds. The maximum absolute atomic E-state index is 12.7. The molecule has 0 radical (unpaired) electrons. The zero-order valence-electron chi connectivity index (χ0n) is 11.8. The second kappa shape index (κ2) is 6.53. The van der Waals surface area contributed by atoms with Crippen molar-refractivity contribution in [3.05, 3.63) is 29.8 Å². The highest BCUT2D eigenvalue weighted by Crippen LogP contribution is 2.30. The number of halogens is 3. The number of benzene rings is 1. The lowest BCUT2D eigenvalue weighted by Crippen LogP contribution is -2.49. The van der Waals surface area contributed by atoms with Crippen molar-refractivity contribution in [1.82, 2.24) is 4.72 Å². The molecule has 124 valence electrons. The predicted molar refractivity (Wildman–Crippen MR) is 71.8 cm³/mol. The van der Waals surface area contributed by atoms with Crippen molar-refractivity contribution in [3.63, 3.8) is 0 Å². The molecule has 2 rings (SSSR count). The first-order chi connectivity index (χ1) is 10.2. The number of nitrogens with one attached hydrogen (secondary N) is 1. The molecule has 0 aliphatic carbocycles. The molecule has 0 unspecified atom stereocenters. The summed E-state index contributed by atoms with van der Waals surface area (Å²) in [6, 6.07) is 3.08. The van der Waals surface area contributed by atoms with E-state index in [1.54, 1.807) is 0 Å². The molecule has 1 aliphatic heterocycles. The zero-order valence-corrected chi connectivity index (χ0v) is 12.6. The van der Waals surface area contributed by atoms with Crippen molar-refractivity contribution in [3.8, 4) is 0 Å². The quantitative estimate of drug-likeness (QED) is 0.908. The van der Waals surface area contributed by atoms with Gasteiger partial charge in [0.25, 0.3) is 0 Å². The molecule has 1 aliphatic rings. The van der Waals surface area contributed by atoms with Crippen LogP contribution in [0.4, 0.5) is 13.2 Å². The van der Waals surface area contributed by atoms with Crippen LogP contribution < -0.4 is 4.72 Å². The first-order valence-corrected chi connectivity index (χ1v) is 8.02. The lowest BCUT2D eigenvalue weighted by Gasteiger charge is -2.30. The first-order valence-electron chi connectivity index (χ1n) is 6.54. The number of alkyl halides is 3. The molecule has 2 atom stereocenters. The van der Waals surface area contributed by atoms with Crippen molar-refractivity contribution in [2.45, 2.75) is 29.6 Å². The Balaban J connectivity index is 2.23. The van der Waals surface area contributed by atoms with Crippen LogP contribution in [0.3, 0.4) is 0 Å². The molecule has 0 spiro atoms. The van der Waals surface area contributed by atoms with E-state index in [-0.39, 0.29) is 6.61 Å². The highest BCUT2D eigenvalue weighted by molar-refractivity contribution is 7.89. The van der Waals surface area contributed by atoms with Crippen LogP contribution in [-0.4, -0.2) is 40.9 Å². The number of hydrogen-bond donors (Lipinski definition) is 1. The van der Waals surface area contributed by atoms with Gasteiger partial charge in [-0.1, -0.05) is 6.07 Å². The predicted octanol–water partition coefficient (Wildman–Crippen LogP) is 1.79. The molecule has 1 aromatic rings. The van der Waals surface area contributed by atoms with E-state index in [4.69, 9.17) is 9.47 Å². The summed E-state index contributed by atoms with van der Waals surface area (Å²) < 4.78 is 75.3. The van der Waals surface area contributed by atoms with Gasteiger partial charge in [-0.3, -0.25) is 0 Å². The van der Waals surface area contributed by atoms with E-state index < -0.39 is 38.8 Å². The van der Waals surface area contributed by atoms with Crippen molar-refractivity contribution in [1.29, 1.82) is 0 Å². The molecule has 9 heteroatoms. The third-order valence-electron chi connectivity index (χ3n) is 3.39. The standard InChI is InChI=1S/C13H16F3NO4S/c1-20-12-8-21-6-5-11(12)17-22(18,19)10-4-2-3-9(7-10)13(14,15)16/h2-4,7,11-12,17H,5-6,8H2,1H3/t11-,12-/m1/s1. The van der Waals surface area contributed by atoms with E-state index >= 15 is 0 Å². The molecule has 1 N–H and O–H groups in total. The first kappa shape index (κ1) is 17.2. The van der Waals surface area contributed by atoms with E-state index in [1.807, 2.05) is 0 Å². The Morgan fingerprint density at radius 1 is 1.36 bits per heavy atom. The number of sulfonamides is 1. The average molecular weight is 339 g/mol. The number of ether oxygens (including phenoxy) is 2. The number of rotatable bonds is 4. The molecule has 1 saturated heterocycles. The maximum Gasteiger partial charge on any atom is 0.416 e. The fourth-order valence-electron chi connectivity index (χ4n) is 2.19. The number of hydrogen-bond acceptors (Lipinski definition) is 4.